The van der Waals surface area contributed by atoms with E-state index in [0.717, 1.165) is 64.4 Å². The molecule has 184 valence electrons. The Labute approximate surface area is 199 Å². The average Bonchev–Trinajstić information content (AvgIpc) is 3.30. The maximum absolute atomic E-state index is 13.1. The second kappa shape index (κ2) is 9.46. The maximum atomic E-state index is 13.1. The van der Waals surface area contributed by atoms with Crippen molar-refractivity contribution in [3.63, 3.8) is 0 Å². The summed E-state index contributed by atoms with van der Waals surface area (Å²) in [4.78, 5) is 13.1. The largest absolute Gasteiger partial charge is 0.433 e. The lowest BCUT2D eigenvalue weighted by atomic mass is 9.68. The number of hydrogen-bond donors (Lipinski definition) is 0. The number of nitrogens with zero attached hydrogens (tertiary/aromatic N) is 4. The summed E-state index contributed by atoms with van der Waals surface area (Å²) in [7, 11) is 0. The van der Waals surface area contributed by atoms with E-state index in [1.165, 1.54) is 24.6 Å². The first-order valence-corrected chi connectivity index (χ1v) is 12.4. The fraction of sp³-hybridized carbons (Fsp3) is 0.615. The quantitative estimate of drug-likeness (QED) is 0.605. The van der Waals surface area contributed by atoms with Gasteiger partial charge in [0.25, 0.3) is 0 Å². The van der Waals surface area contributed by atoms with Crippen molar-refractivity contribution in [2.45, 2.75) is 62.1 Å². The Kier molecular flexibility index (Phi) is 6.55. The highest BCUT2D eigenvalue weighted by molar-refractivity contribution is 5.40. The number of alkyl halides is 3. The first-order chi connectivity index (χ1) is 16.4. The summed E-state index contributed by atoms with van der Waals surface area (Å²) in [5.41, 5.74) is 0.370. The van der Waals surface area contributed by atoms with Gasteiger partial charge in [-0.05, 0) is 62.9 Å². The second-order valence-corrected chi connectivity index (χ2v) is 10.1. The highest BCUT2D eigenvalue weighted by atomic mass is 19.4. The molecular formula is C26H33F3N4O. The number of anilines is 1. The Morgan fingerprint density at radius 3 is 2.44 bits per heavy atom. The third-order valence-electron chi connectivity index (χ3n) is 8.00. The fourth-order valence-electron chi connectivity index (χ4n) is 6.13. The molecule has 1 saturated carbocycles. The van der Waals surface area contributed by atoms with E-state index in [1.807, 2.05) is 17.2 Å². The molecular weight excluding hydrogens is 441 g/mol. The van der Waals surface area contributed by atoms with E-state index >= 15 is 0 Å². The van der Waals surface area contributed by atoms with E-state index in [4.69, 9.17) is 9.72 Å². The molecule has 2 aromatic rings. The van der Waals surface area contributed by atoms with Crippen LogP contribution in [0.3, 0.4) is 0 Å². The summed E-state index contributed by atoms with van der Waals surface area (Å²) >= 11 is 0. The Morgan fingerprint density at radius 2 is 1.74 bits per heavy atom. The van der Waals surface area contributed by atoms with Crippen LogP contribution in [0.5, 0.6) is 0 Å². The Hall–Kier alpha value is -2.19. The molecule has 4 heterocycles. The average molecular weight is 475 g/mol. The number of aromatic nitrogens is 2. The molecule has 2 aliphatic heterocycles. The summed E-state index contributed by atoms with van der Waals surface area (Å²) < 4.78 is 45.5. The molecule has 2 saturated heterocycles. The van der Waals surface area contributed by atoms with Gasteiger partial charge < -0.3 is 9.64 Å². The van der Waals surface area contributed by atoms with Crippen LogP contribution in [-0.4, -0.2) is 59.8 Å². The third-order valence-corrected chi connectivity index (χ3v) is 8.00. The normalized spacial score (nSPS) is 25.7. The molecule has 5 nitrogen and oxygen atoms in total. The first-order valence-electron chi connectivity index (χ1n) is 12.4. The van der Waals surface area contributed by atoms with Gasteiger partial charge in [0, 0.05) is 50.1 Å². The van der Waals surface area contributed by atoms with Crippen molar-refractivity contribution in [3.8, 4) is 0 Å². The van der Waals surface area contributed by atoms with Gasteiger partial charge in [-0.3, -0.25) is 9.88 Å². The summed E-state index contributed by atoms with van der Waals surface area (Å²) in [5.74, 6) is 0.409. The van der Waals surface area contributed by atoms with Crippen molar-refractivity contribution in [2.24, 2.45) is 0 Å². The molecule has 1 unspecified atom stereocenters. The molecule has 0 bridgehead atoms. The van der Waals surface area contributed by atoms with Gasteiger partial charge in [0.15, 0.2) is 0 Å². The second-order valence-electron chi connectivity index (χ2n) is 10.1. The molecule has 0 radical (unpaired) electrons. The van der Waals surface area contributed by atoms with Crippen LogP contribution < -0.4 is 4.90 Å². The maximum Gasteiger partial charge on any atom is 0.433 e. The van der Waals surface area contributed by atoms with Gasteiger partial charge >= 0.3 is 6.18 Å². The van der Waals surface area contributed by atoms with Crippen LogP contribution >= 0.6 is 0 Å². The van der Waals surface area contributed by atoms with Crippen molar-refractivity contribution in [3.05, 3.63) is 54.0 Å². The minimum absolute atomic E-state index is 0.00361. The SMILES string of the molecule is FC(F)(F)c1cccc(N2CCN(CCC3(c4ccccn4)CCOC4(CCCC4)C3)CC2)n1. The lowest BCUT2D eigenvalue weighted by Crippen LogP contribution is -2.50. The lowest BCUT2D eigenvalue weighted by molar-refractivity contribution is -0.141. The Bertz CT molecular complexity index is 956. The number of rotatable bonds is 5. The zero-order valence-corrected chi connectivity index (χ0v) is 19.6. The number of hydrogen-bond acceptors (Lipinski definition) is 5. The minimum atomic E-state index is -4.42. The number of piperazine rings is 1. The molecule has 34 heavy (non-hydrogen) atoms. The zero-order valence-electron chi connectivity index (χ0n) is 19.6. The van der Waals surface area contributed by atoms with Crippen LogP contribution in [0.2, 0.25) is 0 Å². The number of ether oxygens (including phenoxy) is 1. The molecule has 1 aliphatic carbocycles. The number of pyridine rings is 2. The molecule has 3 aliphatic rings. The molecule has 0 N–H and O–H groups in total. The van der Waals surface area contributed by atoms with E-state index in [2.05, 4.69) is 22.0 Å². The van der Waals surface area contributed by atoms with Gasteiger partial charge in [-0.1, -0.05) is 25.0 Å². The van der Waals surface area contributed by atoms with Gasteiger partial charge in [-0.25, -0.2) is 4.98 Å². The smallest absolute Gasteiger partial charge is 0.375 e. The van der Waals surface area contributed by atoms with Gasteiger partial charge in [-0.15, -0.1) is 0 Å². The third kappa shape index (κ3) is 4.93. The highest BCUT2D eigenvalue weighted by Gasteiger charge is 2.48. The van der Waals surface area contributed by atoms with Crippen molar-refractivity contribution in [1.29, 1.82) is 0 Å². The molecule has 8 heteroatoms. The van der Waals surface area contributed by atoms with E-state index in [0.29, 0.717) is 18.9 Å². The molecule has 5 rings (SSSR count). The van der Waals surface area contributed by atoms with Crippen LogP contribution in [0.1, 0.15) is 56.3 Å². The van der Waals surface area contributed by atoms with Crippen LogP contribution in [-0.2, 0) is 16.3 Å². The summed E-state index contributed by atoms with van der Waals surface area (Å²) in [6, 6.07) is 10.4. The molecule has 1 atom stereocenters. The van der Waals surface area contributed by atoms with Crippen molar-refractivity contribution in [1.82, 2.24) is 14.9 Å². The standard InChI is InChI=1S/C26H33F3N4O/c27-26(28,29)22-7-5-8-23(31-22)33-17-15-32(16-18-33)14-11-24(21-6-1-4-13-30-21)12-19-34-25(20-24)9-2-3-10-25/h1,4-8,13H,2-3,9-12,14-20H2. The van der Waals surface area contributed by atoms with E-state index in [-0.39, 0.29) is 11.0 Å². The fourth-order valence-corrected chi connectivity index (χ4v) is 6.13. The zero-order chi connectivity index (χ0) is 23.7. The van der Waals surface area contributed by atoms with Gasteiger partial charge in [0.05, 0.1) is 5.60 Å². The molecule has 3 fully saturated rings. The van der Waals surface area contributed by atoms with E-state index in [9.17, 15) is 13.2 Å². The van der Waals surface area contributed by atoms with Gasteiger partial charge in [0.1, 0.15) is 11.5 Å². The highest BCUT2D eigenvalue weighted by Crippen LogP contribution is 2.49. The monoisotopic (exact) mass is 474 g/mol. The van der Waals surface area contributed by atoms with Gasteiger partial charge in [-0.2, -0.15) is 13.2 Å². The predicted octanol–water partition coefficient (Wildman–Crippen LogP) is 5.07. The predicted molar refractivity (Wildman–Crippen MR) is 125 cm³/mol. The molecule has 1 spiro atoms. The summed E-state index contributed by atoms with van der Waals surface area (Å²) in [5, 5.41) is 0. The lowest BCUT2D eigenvalue weighted by Gasteiger charge is -2.47. The van der Waals surface area contributed by atoms with Crippen LogP contribution in [0.15, 0.2) is 42.6 Å². The van der Waals surface area contributed by atoms with Crippen LogP contribution in [0.25, 0.3) is 0 Å². The van der Waals surface area contributed by atoms with E-state index in [1.54, 1.807) is 6.07 Å². The number of halogens is 3. The van der Waals surface area contributed by atoms with Crippen molar-refractivity contribution < 1.29 is 17.9 Å². The molecule has 0 aromatic carbocycles. The molecule has 0 amide bonds. The summed E-state index contributed by atoms with van der Waals surface area (Å²) in [6.45, 7) is 4.73. The van der Waals surface area contributed by atoms with Crippen molar-refractivity contribution >= 4 is 5.82 Å². The minimum Gasteiger partial charge on any atom is -0.375 e. The van der Waals surface area contributed by atoms with Crippen molar-refractivity contribution in [2.75, 3.05) is 44.2 Å². The Balaban J connectivity index is 1.24. The van der Waals surface area contributed by atoms with Crippen LogP contribution in [0, 0.1) is 0 Å². The Morgan fingerprint density at radius 1 is 0.941 bits per heavy atom. The summed E-state index contributed by atoms with van der Waals surface area (Å²) in [6.07, 6.45) is 5.29. The van der Waals surface area contributed by atoms with Gasteiger partial charge in [0.2, 0.25) is 0 Å². The topological polar surface area (TPSA) is 41.5 Å². The van der Waals surface area contributed by atoms with Crippen LogP contribution in [0.4, 0.5) is 19.0 Å². The molecule has 2 aromatic heterocycles. The first kappa shape index (κ1) is 23.5. The van der Waals surface area contributed by atoms with E-state index < -0.39 is 11.9 Å².